The summed E-state index contributed by atoms with van der Waals surface area (Å²) in [7, 11) is 0. The zero-order valence-electron chi connectivity index (χ0n) is 8.83. The molecule has 2 aromatic rings. The topological polar surface area (TPSA) is 26.0 Å². The Balaban J connectivity index is 2.57. The largest absolute Gasteiger partial charge is 0.399 e. The standard InChI is InChI=1S/C13H10F3N/c14-12-10(5-2-6-11(12)13(15)16)8-3-1-4-9(17)7-8/h1-7,13H,17H2. The first-order valence-corrected chi connectivity index (χ1v) is 5.02. The third-order valence-corrected chi connectivity index (χ3v) is 2.46. The molecule has 0 bridgehead atoms. The molecule has 0 aliphatic heterocycles. The number of halogens is 3. The highest BCUT2D eigenvalue weighted by Gasteiger charge is 2.16. The Morgan fingerprint density at radius 2 is 1.71 bits per heavy atom. The molecule has 0 aliphatic rings. The molecular weight excluding hydrogens is 227 g/mol. The highest BCUT2D eigenvalue weighted by molar-refractivity contribution is 5.68. The molecule has 0 amide bonds. The van der Waals surface area contributed by atoms with Crippen LogP contribution in [0.2, 0.25) is 0 Å². The Kier molecular flexibility index (Phi) is 3.04. The van der Waals surface area contributed by atoms with Crippen molar-refractivity contribution in [1.29, 1.82) is 0 Å². The van der Waals surface area contributed by atoms with E-state index in [4.69, 9.17) is 5.73 Å². The lowest BCUT2D eigenvalue weighted by atomic mass is 10.0. The SMILES string of the molecule is Nc1cccc(-c2cccc(C(F)F)c2F)c1. The zero-order chi connectivity index (χ0) is 12.4. The second kappa shape index (κ2) is 4.49. The number of anilines is 1. The van der Waals surface area contributed by atoms with Crippen LogP contribution in [-0.2, 0) is 0 Å². The first-order chi connectivity index (χ1) is 8.09. The van der Waals surface area contributed by atoms with Crippen molar-refractivity contribution in [2.45, 2.75) is 6.43 Å². The molecule has 0 atom stereocenters. The molecule has 2 aromatic carbocycles. The quantitative estimate of drug-likeness (QED) is 0.784. The van der Waals surface area contributed by atoms with E-state index >= 15 is 0 Å². The molecule has 0 saturated heterocycles. The van der Waals surface area contributed by atoms with Crippen molar-refractivity contribution in [2.24, 2.45) is 0 Å². The molecule has 0 saturated carbocycles. The highest BCUT2D eigenvalue weighted by atomic mass is 19.3. The number of nitrogens with two attached hydrogens (primary N) is 1. The summed E-state index contributed by atoms with van der Waals surface area (Å²) in [6, 6.07) is 10.4. The Morgan fingerprint density at radius 3 is 2.35 bits per heavy atom. The first-order valence-electron chi connectivity index (χ1n) is 5.02. The Morgan fingerprint density at radius 1 is 1.00 bits per heavy atom. The van der Waals surface area contributed by atoms with E-state index < -0.39 is 17.8 Å². The minimum atomic E-state index is -2.82. The van der Waals surface area contributed by atoms with E-state index in [1.54, 1.807) is 24.3 Å². The molecule has 0 heterocycles. The van der Waals surface area contributed by atoms with Crippen molar-refractivity contribution in [3.63, 3.8) is 0 Å². The van der Waals surface area contributed by atoms with Crippen LogP contribution in [0.25, 0.3) is 11.1 Å². The minimum Gasteiger partial charge on any atom is -0.399 e. The summed E-state index contributed by atoms with van der Waals surface area (Å²) in [6.07, 6.45) is -2.82. The van der Waals surface area contributed by atoms with Gasteiger partial charge in [0.05, 0.1) is 5.56 Å². The Bertz CT molecular complexity index is 538. The smallest absolute Gasteiger partial charge is 0.266 e. The van der Waals surface area contributed by atoms with Gasteiger partial charge in [-0.2, -0.15) is 0 Å². The molecule has 0 spiro atoms. The molecule has 2 rings (SSSR count). The Hall–Kier alpha value is -1.97. The minimum absolute atomic E-state index is 0.134. The summed E-state index contributed by atoms with van der Waals surface area (Å²) in [5, 5.41) is 0. The van der Waals surface area contributed by atoms with Gasteiger partial charge >= 0.3 is 0 Å². The monoisotopic (exact) mass is 237 g/mol. The van der Waals surface area contributed by atoms with E-state index in [-0.39, 0.29) is 5.56 Å². The van der Waals surface area contributed by atoms with Gasteiger partial charge in [-0.25, -0.2) is 13.2 Å². The molecular formula is C13H10F3N. The van der Waals surface area contributed by atoms with Crippen molar-refractivity contribution in [2.75, 3.05) is 5.73 Å². The van der Waals surface area contributed by atoms with Gasteiger partial charge < -0.3 is 5.73 Å². The number of hydrogen-bond donors (Lipinski definition) is 1. The van der Waals surface area contributed by atoms with Gasteiger partial charge in [0.15, 0.2) is 0 Å². The maximum Gasteiger partial charge on any atom is 0.266 e. The van der Waals surface area contributed by atoms with Crippen LogP contribution in [-0.4, -0.2) is 0 Å². The lowest BCUT2D eigenvalue weighted by Gasteiger charge is -2.08. The molecule has 88 valence electrons. The summed E-state index contributed by atoms with van der Waals surface area (Å²) in [4.78, 5) is 0. The van der Waals surface area contributed by atoms with E-state index in [9.17, 15) is 13.2 Å². The average Bonchev–Trinajstić information content (AvgIpc) is 2.29. The molecule has 0 aromatic heterocycles. The van der Waals surface area contributed by atoms with E-state index in [0.717, 1.165) is 6.07 Å². The van der Waals surface area contributed by atoms with E-state index in [1.165, 1.54) is 12.1 Å². The maximum atomic E-state index is 13.8. The van der Waals surface area contributed by atoms with Crippen molar-refractivity contribution in [1.82, 2.24) is 0 Å². The van der Waals surface area contributed by atoms with Crippen LogP contribution in [0.4, 0.5) is 18.9 Å². The van der Waals surface area contributed by atoms with Gasteiger partial charge in [0.2, 0.25) is 0 Å². The van der Waals surface area contributed by atoms with Gasteiger partial charge in [-0.05, 0) is 17.7 Å². The third-order valence-electron chi connectivity index (χ3n) is 2.46. The molecule has 0 aliphatic carbocycles. The number of nitrogen functional groups attached to an aromatic ring is 1. The fraction of sp³-hybridized carbons (Fsp3) is 0.0769. The molecule has 1 nitrogen and oxygen atoms in total. The summed E-state index contributed by atoms with van der Waals surface area (Å²) in [6.45, 7) is 0. The lowest BCUT2D eigenvalue weighted by Crippen LogP contribution is -1.94. The van der Waals surface area contributed by atoms with Crippen molar-refractivity contribution < 1.29 is 13.2 Å². The zero-order valence-corrected chi connectivity index (χ0v) is 8.83. The average molecular weight is 237 g/mol. The van der Waals surface area contributed by atoms with E-state index in [0.29, 0.717) is 11.3 Å². The summed E-state index contributed by atoms with van der Waals surface area (Å²) >= 11 is 0. The molecule has 0 unspecified atom stereocenters. The van der Waals surface area contributed by atoms with E-state index in [1.807, 2.05) is 0 Å². The predicted octanol–water partition coefficient (Wildman–Crippen LogP) is 4.01. The fourth-order valence-electron chi connectivity index (χ4n) is 1.65. The normalized spacial score (nSPS) is 10.8. The Labute approximate surface area is 96.7 Å². The fourth-order valence-corrected chi connectivity index (χ4v) is 1.65. The molecule has 4 heteroatoms. The molecule has 0 radical (unpaired) electrons. The summed E-state index contributed by atoms with van der Waals surface area (Å²) in [5.41, 5.74) is 6.07. The van der Waals surface area contributed by atoms with Crippen LogP contribution in [0, 0.1) is 5.82 Å². The number of benzene rings is 2. The first kappa shape index (κ1) is 11.5. The van der Waals surface area contributed by atoms with E-state index in [2.05, 4.69) is 0 Å². The van der Waals surface area contributed by atoms with Crippen molar-refractivity contribution >= 4 is 5.69 Å². The molecule has 2 N–H and O–H groups in total. The second-order valence-corrected chi connectivity index (χ2v) is 3.63. The van der Waals surface area contributed by atoms with Gasteiger partial charge in [0, 0.05) is 11.3 Å². The lowest BCUT2D eigenvalue weighted by molar-refractivity contribution is 0.146. The van der Waals surface area contributed by atoms with Crippen LogP contribution in [0.1, 0.15) is 12.0 Å². The number of rotatable bonds is 2. The van der Waals surface area contributed by atoms with Crippen LogP contribution >= 0.6 is 0 Å². The second-order valence-electron chi connectivity index (χ2n) is 3.63. The highest BCUT2D eigenvalue weighted by Crippen LogP contribution is 2.30. The summed E-state index contributed by atoms with van der Waals surface area (Å²) < 4.78 is 38.9. The molecule has 0 fully saturated rings. The number of alkyl halides is 2. The van der Waals surface area contributed by atoms with Crippen LogP contribution in [0.3, 0.4) is 0 Å². The van der Waals surface area contributed by atoms with Gasteiger partial charge in [-0.3, -0.25) is 0 Å². The van der Waals surface area contributed by atoms with Gasteiger partial charge in [0.1, 0.15) is 5.82 Å². The number of hydrogen-bond acceptors (Lipinski definition) is 1. The molecule has 17 heavy (non-hydrogen) atoms. The maximum absolute atomic E-state index is 13.8. The van der Waals surface area contributed by atoms with Crippen molar-refractivity contribution in [3.05, 3.63) is 53.8 Å². The van der Waals surface area contributed by atoms with Gasteiger partial charge in [-0.1, -0.05) is 30.3 Å². The summed E-state index contributed by atoms with van der Waals surface area (Å²) in [5.74, 6) is -0.895. The van der Waals surface area contributed by atoms with Gasteiger partial charge in [0.25, 0.3) is 6.43 Å². The van der Waals surface area contributed by atoms with Crippen LogP contribution < -0.4 is 5.73 Å². The van der Waals surface area contributed by atoms with Crippen molar-refractivity contribution in [3.8, 4) is 11.1 Å². The predicted molar refractivity (Wildman–Crippen MR) is 61.2 cm³/mol. The third kappa shape index (κ3) is 2.25. The van der Waals surface area contributed by atoms with Gasteiger partial charge in [-0.15, -0.1) is 0 Å². The van der Waals surface area contributed by atoms with Crippen LogP contribution in [0.15, 0.2) is 42.5 Å². The van der Waals surface area contributed by atoms with Crippen LogP contribution in [0.5, 0.6) is 0 Å².